The van der Waals surface area contributed by atoms with Crippen LogP contribution in [0.25, 0.3) is 0 Å². The molecule has 1 fully saturated rings. The topological polar surface area (TPSA) is 88.0 Å². The number of benzene rings is 2. The molecule has 0 bridgehead atoms. The van der Waals surface area contributed by atoms with Gasteiger partial charge in [0.2, 0.25) is 0 Å². The minimum atomic E-state index is -0.463. The summed E-state index contributed by atoms with van der Waals surface area (Å²) >= 11 is 0. The van der Waals surface area contributed by atoms with Crippen LogP contribution in [0, 0.1) is 17.0 Å². The Morgan fingerprint density at radius 1 is 1.20 bits per heavy atom. The Labute approximate surface area is 176 Å². The zero-order valence-corrected chi connectivity index (χ0v) is 17.6. The number of carbonyl (C=O) groups excluding carboxylic acids is 1. The highest BCUT2D eigenvalue weighted by Gasteiger charge is 2.24. The van der Waals surface area contributed by atoms with E-state index in [-0.39, 0.29) is 23.2 Å². The molecular formula is C22H28N4O4. The second kappa shape index (κ2) is 9.69. The van der Waals surface area contributed by atoms with Crippen LogP contribution in [-0.4, -0.2) is 62.7 Å². The summed E-state index contributed by atoms with van der Waals surface area (Å²) in [6.45, 7) is 4.94. The molecule has 0 aromatic heterocycles. The molecule has 1 N–H and O–H groups in total. The van der Waals surface area contributed by atoms with E-state index in [4.69, 9.17) is 4.74 Å². The fourth-order valence-electron chi connectivity index (χ4n) is 3.58. The fraction of sp³-hybridized carbons (Fsp3) is 0.409. The molecule has 1 heterocycles. The van der Waals surface area contributed by atoms with Gasteiger partial charge in [0.25, 0.3) is 11.6 Å². The SMILES string of the molecule is Cc1ccc(C(=O)NCC(c2ccc(N(C)C)cc2)N2CCOCC2)cc1[N+](=O)[O-]. The number of nitro groups is 1. The molecule has 1 unspecified atom stereocenters. The summed E-state index contributed by atoms with van der Waals surface area (Å²) in [6, 6.07) is 12.8. The van der Waals surface area contributed by atoms with Gasteiger partial charge in [0.15, 0.2) is 0 Å². The summed E-state index contributed by atoms with van der Waals surface area (Å²) in [6.07, 6.45) is 0. The number of rotatable bonds is 7. The number of anilines is 1. The highest BCUT2D eigenvalue weighted by atomic mass is 16.6. The summed E-state index contributed by atoms with van der Waals surface area (Å²) < 4.78 is 5.48. The minimum absolute atomic E-state index is 0.00510. The van der Waals surface area contributed by atoms with Crippen molar-refractivity contribution in [1.29, 1.82) is 0 Å². The first-order chi connectivity index (χ1) is 14.4. The van der Waals surface area contributed by atoms with E-state index in [1.165, 1.54) is 6.07 Å². The molecule has 1 atom stereocenters. The van der Waals surface area contributed by atoms with Crippen LogP contribution in [0.2, 0.25) is 0 Å². The summed E-state index contributed by atoms with van der Waals surface area (Å²) in [7, 11) is 3.99. The van der Waals surface area contributed by atoms with Crippen molar-refractivity contribution in [3.63, 3.8) is 0 Å². The Morgan fingerprint density at radius 2 is 1.87 bits per heavy atom. The van der Waals surface area contributed by atoms with Crippen LogP contribution < -0.4 is 10.2 Å². The number of nitro benzene ring substituents is 1. The maximum atomic E-state index is 12.7. The smallest absolute Gasteiger partial charge is 0.273 e. The van der Waals surface area contributed by atoms with Gasteiger partial charge in [-0.3, -0.25) is 19.8 Å². The largest absolute Gasteiger partial charge is 0.379 e. The Kier molecular flexibility index (Phi) is 7.02. The number of aryl methyl sites for hydroxylation is 1. The summed E-state index contributed by atoms with van der Waals surface area (Å²) in [5.41, 5.74) is 2.99. The predicted molar refractivity (Wildman–Crippen MR) is 116 cm³/mol. The van der Waals surface area contributed by atoms with E-state index < -0.39 is 4.92 Å². The quantitative estimate of drug-likeness (QED) is 0.556. The maximum Gasteiger partial charge on any atom is 0.273 e. The van der Waals surface area contributed by atoms with Gasteiger partial charge in [0.1, 0.15) is 0 Å². The minimum Gasteiger partial charge on any atom is -0.379 e. The van der Waals surface area contributed by atoms with E-state index in [1.807, 2.05) is 19.0 Å². The van der Waals surface area contributed by atoms with Crippen LogP contribution in [-0.2, 0) is 4.74 Å². The third-order valence-electron chi connectivity index (χ3n) is 5.40. The summed E-state index contributed by atoms with van der Waals surface area (Å²) in [5.74, 6) is -0.318. The van der Waals surface area contributed by atoms with Gasteiger partial charge in [-0.05, 0) is 30.7 Å². The van der Waals surface area contributed by atoms with Crippen molar-refractivity contribution < 1.29 is 14.5 Å². The lowest BCUT2D eigenvalue weighted by Gasteiger charge is -2.35. The molecule has 30 heavy (non-hydrogen) atoms. The molecule has 8 nitrogen and oxygen atoms in total. The van der Waals surface area contributed by atoms with Crippen LogP contribution in [0.5, 0.6) is 0 Å². The maximum absolute atomic E-state index is 12.7. The number of hydrogen-bond acceptors (Lipinski definition) is 6. The molecule has 8 heteroatoms. The molecular weight excluding hydrogens is 384 g/mol. The van der Waals surface area contributed by atoms with Crippen LogP contribution in [0.1, 0.15) is 27.5 Å². The van der Waals surface area contributed by atoms with E-state index >= 15 is 0 Å². The molecule has 1 amide bonds. The zero-order chi connectivity index (χ0) is 21.7. The van der Waals surface area contributed by atoms with Gasteiger partial charge in [-0.15, -0.1) is 0 Å². The first kappa shape index (κ1) is 21.7. The van der Waals surface area contributed by atoms with Gasteiger partial charge in [-0.25, -0.2) is 0 Å². The number of ether oxygens (including phenoxy) is 1. The third-order valence-corrected chi connectivity index (χ3v) is 5.40. The lowest BCUT2D eigenvalue weighted by Crippen LogP contribution is -2.43. The Bertz CT molecular complexity index is 893. The van der Waals surface area contributed by atoms with Crippen molar-refractivity contribution >= 4 is 17.3 Å². The second-order valence-electron chi connectivity index (χ2n) is 7.62. The van der Waals surface area contributed by atoms with E-state index in [9.17, 15) is 14.9 Å². The molecule has 1 saturated heterocycles. The Hall–Kier alpha value is -2.97. The van der Waals surface area contributed by atoms with Gasteiger partial charge < -0.3 is 15.0 Å². The average molecular weight is 412 g/mol. The average Bonchev–Trinajstić information content (AvgIpc) is 2.75. The first-order valence-electron chi connectivity index (χ1n) is 9.99. The molecule has 0 spiro atoms. The number of nitrogens with one attached hydrogen (secondary N) is 1. The second-order valence-corrected chi connectivity index (χ2v) is 7.62. The van der Waals surface area contributed by atoms with Crippen molar-refractivity contribution in [2.45, 2.75) is 13.0 Å². The molecule has 1 aliphatic rings. The standard InChI is InChI=1S/C22H28N4O4/c1-16-4-5-18(14-20(16)26(28)29)22(27)23-15-21(25-10-12-30-13-11-25)17-6-8-19(9-7-17)24(2)3/h4-9,14,21H,10-13,15H2,1-3H3,(H,23,27). The molecule has 0 saturated carbocycles. The van der Waals surface area contributed by atoms with Crippen LogP contribution in [0.4, 0.5) is 11.4 Å². The van der Waals surface area contributed by atoms with Gasteiger partial charge in [-0.1, -0.05) is 18.2 Å². The molecule has 2 aromatic rings. The first-order valence-corrected chi connectivity index (χ1v) is 9.99. The van der Waals surface area contributed by atoms with Crippen molar-refractivity contribution in [2.24, 2.45) is 0 Å². The van der Waals surface area contributed by atoms with E-state index in [0.717, 1.165) is 24.3 Å². The van der Waals surface area contributed by atoms with Gasteiger partial charge in [-0.2, -0.15) is 0 Å². The Morgan fingerprint density at radius 3 is 2.47 bits per heavy atom. The number of amides is 1. The predicted octanol–water partition coefficient (Wildman–Crippen LogP) is 2.77. The number of morpholine rings is 1. The van der Waals surface area contributed by atoms with E-state index in [2.05, 4.69) is 34.5 Å². The number of nitrogens with zero attached hydrogens (tertiary/aromatic N) is 3. The van der Waals surface area contributed by atoms with Gasteiger partial charge in [0.05, 0.1) is 24.2 Å². The Balaban J connectivity index is 1.77. The molecule has 160 valence electrons. The number of hydrogen-bond donors (Lipinski definition) is 1. The molecule has 3 rings (SSSR count). The number of carbonyl (C=O) groups is 1. The van der Waals surface area contributed by atoms with E-state index in [1.54, 1.807) is 19.1 Å². The zero-order valence-electron chi connectivity index (χ0n) is 17.6. The summed E-state index contributed by atoms with van der Waals surface area (Å²) in [5, 5.41) is 14.1. The van der Waals surface area contributed by atoms with E-state index in [0.29, 0.717) is 25.3 Å². The van der Waals surface area contributed by atoms with Crippen molar-refractivity contribution in [3.05, 3.63) is 69.3 Å². The summed E-state index contributed by atoms with van der Waals surface area (Å²) in [4.78, 5) is 27.8. The molecule has 2 aromatic carbocycles. The molecule has 1 aliphatic heterocycles. The molecule has 0 aliphatic carbocycles. The molecule has 0 radical (unpaired) electrons. The highest BCUT2D eigenvalue weighted by Crippen LogP contribution is 2.24. The normalized spacial score (nSPS) is 15.4. The fourth-order valence-corrected chi connectivity index (χ4v) is 3.58. The monoisotopic (exact) mass is 412 g/mol. The van der Waals surface area contributed by atoms with Crippen molar-refractivity contribution in [3.8, 4) is 0 Å². The van der Waals surface area contributed by atoms with Crippen LogP contribution in [0.3, 0.4) is 0 Å². The van der Waals surface area contributed by atoms with Gasteiger partial charge in [0, 0.05) is 56.6 Å². The van der Waals surface area contributed by atoms with Crippen LogP contribution in [0.15, 0.2) is 42.5 Å². The lowest BCUT2D eigenvalue weighted by atomic mass is 10.0. The highest BCUT2D eigenvalue weighted by molar-refractivity contribution is 5.95. The van der Waals surface area contributed by atoms with Crippen molar-refractivity contribution in [2.75, 3.05) is 51.8 Å². The van der Waals surface area contributed by atoms with Gasteiger partial charge >= 0.3 is 0 Å². The lowest BCUT2D eigenvalue weighted by molar-refractivity contribution is -0.385. The van der Waals surface area contributed by atoms with Crippen LogP contribution >= 0.6 is 0 Å². The van der Waals surface area contributed by atoms with Crippen molar-refractivity contribution in [1.82, 2.24) is 10.2 Å². The third kappa shape index (κ3) is 5.14.